The van der Waals surface area contributed by atoms with Gasteiger partial charge in [0, 0.05) is 25.1 Å². The van der Waals surface area contributed by atoms with E-state index in [1.807, 2.05) is 18.2 Å². The van der Waals surface area contributed by atoms with E-state index in [1.54, 1.807) is 57.2 Å². The molecule has 0 aliphatic heterocycles. The summed E-state index contributed by atoms with van der Waals surface area (Å²) < 4.78 is 51.0. The number of aryl methyl sites for hydroxylation is 2. The van der Waals surface area contributed by atoms with Crippen molar-refractivity contribution in [3.05, 3.63) is 81.0 Å². The summed E-state index contributed by atoms with van der Waals surface area (Å²) in [4.78, 5) is 38.1. The average Bonchev–Trinajstić information content (AvgIpc) is 2.91. The number of aromatic nitrogens is 3. The van der Waals surface area contributed by atoms with Crippen molar-refractivity contribution >= 4 is 5.97 Å². The van der Waals surface area contributed by atoms with Gasteiger partial charge in [-0.15, -0.1) is 0 Å². The van der Waals surface area contributed by atoms with Crippen molar-refractivity contribution < 1.29 is 27.4 Å². The van der Waals surface area contributed by atoms with Crippen molar-refractivity contribution in [1.82, 2.24) is 14.3 Å². The first-order chi connectivity index (χ1) is 19.4. The molecule has 0 radical (unpaired) electrons. The van der Waals surface area contributed by atoms with E-state index >= 15 is 0 Å². The van der Waals surface area contributed by atoms with Crippen molar-refractivity contribution in [1.29, 1.82) is 0 Å². The molecule has 1 heterocycles. The number of hydrogen-bond acceptors (Lipinski definition) is 6. The van der Waals surface area contributed by atoms with E-state index < -0.39 is 35.4 Å². The summed E-state index contributed by atoms with van der Waals surface area (Å²) in [6, 6.07) is 16.0. The SMILES string of the molecule is CCOC(=O)C(C)(C)Oc1cccc(CCCCCn2nc(-c3ccccc3)c(=O)n(CCCC(F)(F)F)c2=O)c1. The van der Waals surface area contributed by atoms with E-state index in [0.717, 1.165) is 29.4 Å². The number of rotatable bonds is 14. The quantitative estimate of drug-likeness (QED) is 0.185. The van der Waals surface area contributed by atoms with Crippen molar-refractivity contribution in [2.75, 3.05) is 6.61 Å². The van der Waals surface area contributed by atoms with Gasteiger partial charge in [0.25, 0.3) is 5.56 Å². The van der Waals surface area contributed by atoms with Gasteiger partial charge in [-0.1, -0.05) is 48.9 Å². The lowest BCUT2D eigenvalue weighted by Crippen LogP contribution is -2.42. The van der Waals surface area contributed by atoms with Crippen LogP contribution in [0.2, 0.25) is 0 Å². The lowest BCUT2D eigenvalue weighted by Gasteiger charge is -2.24. The number of unbranched alkanes of at least 4 members (excludes halogenated alkanes) is 2. The normalized spacial score (nSPS) is 11.9. The minimum Gasteiger partial charge on any atom is -0.476 e. The molecule has 0 bridgehead atoms. The number of nitrogens with zero attached hydrogens (tertiary/aromatic N) is 3. The molecule has 0 atom stereocenters. The number of halogens is 3. The lowest BCUT2D eigenvalue weighted by atomic mass is 10.1. The highest BCUT2D eigenvalue weighted by molar-refractivity contribution is 5.79. The number of carbonyl (C=O) groups excluding carboxylic acids is 1. The molecule has 0 N–H and O–H groups in total. The van der Waals surface area contributed by atoms with E-state index in [9.17, 15) is 27.6 Å². The topological polar surface area (TPSA) is 92.4 Å². The highest BCUT2D eigenvalue weighted by Crippen LogP contribution is 2.23. The lowest BCUT2D eigenvalue weighted by molar-refractivity contribution is -0.158. The van der Waals surface area contributed by atoms with Gasteiger partial charge in [0.15, 0.2) is 11.3 Å². The molecular formula is C30H36F3N3O5. The van der Waals surface area contributed by atoms with E-state index in [-0.39, 0.29) is 31.8 Å². The summed E-state index contributed by atoms with van der Waals surface area (Å²) in [5.74, 6) is 0.105. The maximum atomic E-state index is 13.0. The molecule has 0 spiro atoms. The molecule has 41 heavy (non-hydrogen) atoms. The summed E-state index contributed by atoms with van der Waals surface area (Å²) in [7, 11) is 0. The molecule has 222 valence electrons. The Morgan fingerprint density at radius 1 is 0.927 bits per heavy atom. The predicted molar refractivity (Wildman–Crippen MR) is 149 cm³/mol. The first kappa shape index (κ1) is 31.6. The molecule has 0 saturated heterocycles. The van der Waals surface area contributed by atoms with Crippen molar-refractivity contribution in [3.63, 3.8) is 0 Å². The van der Waals surface area contributed by atoms with Gasteiger partial charge < -0.3 is 9.47 Å². The van der Waals surface area contributed by atoms with Crippen LogP contribution >= 0.6 is 0 Å². The second-order valence-electron chi connectivity index (χ2n) is 10.2. The summed E-state index contributed by atoms with van der Waals surface area (Å²) in [6.45, 7) is 5.17. The Labute approximate surface area is 236 Å². The number of benzene rings is 2. The first-order valence-corrected chi connectivity index (χ1v) is 13.7. The summed E-state index contributed by atoms with van der Waals surface area (Å²) in [6.07, 6.45) is -3.01. The second kappa shape index (κ2) is 14.1. The van der Waals surface area contributed by atoms with Crippen LogP contribution in [-0.4, -0.2) is 38.7 Å². The molecule has 3 aromatic rings. The van der Waals surface area contributed by atoms with Crippen LogP contribution in [-0.2, 0) is 29.0 Å². The summed E-state index contributed by atoms with van der Waals surface area (Å²) >= 11 is 0. The van der Waals surface area contributed by atoms with E-state index in [2.05, 4.69) is 5.10 Å². The van der Waals surface area contributed by atoms with Crippen molar-refractivity contribution in [2.45, 2.75) is 84.2 Å². The van der Waals surface area contributed by atoms with Crippen LogP contribution in [0, 0.1) is 0 Å². The van der Waals surface area contributed by atoms with Crippen LogP contribution in [0.3, 0.4) is 0 Å². The number of hydrogen-bond donors (Lipinski definition) is 0. The molecule has 0 unspecified atom stereocenters. The largest absolute Gasteiger partial charge is 0.476 e. The van der Waals surface area contributed by atoms with Crippen LogP contribution in [0.4, 0.5) is 13.2 Å². The highest BCUT2D eigenvalue weighted by Gasteiger charge is 2.31. The number of ether oxygens (including phenoxy) is 2. The maximum absolute atomic E-state index is 13.0. The molecular weight excluding hydrogens is 539 g/mol. The Morgan fingerprint density at radius 3 is 2.34 bits per heavy atom. The predicted octanol–water partition coefficient (Wildman–Crippen LogP) is 5.55. The fourth-order valence-corrected chi connectivity index (χ4v) is 4.29. The first-order valence-electron chi connectivity index (χ1n) is 13.7. The van der Waals surface area contributed by atoms with Crippen LogP contribution in [0.1, 0.15) is 58.4 Å². The third-order valence-electron chi connectivity index (χ3n) is 6.38. The molecule has 0 amide bonds. The number of carbonyl (C=O) groups is 1. The zero-order valence-corrected chi connectivity index (χ0v) is 23.6. The van der Waals surface area contributed by atoms with E-state index in [4.69, 9.17) is 9.47 Å². The third kappa shape index (κ3) is 9.33. The molecule has 0 aliphatic rings. The van der Waals surface area contributed by atoms with Crippen LogP contribution in [0.25, 0.3) is 11.3 Å². The number of alkyl halides is 3. The summed E-state index contributed by atoms with van der Waals surface area (Å²) in [5, 5.41) is 4.28. The van der Waals surface area contributed by atoms with E-state index in [1.165, 1.54) is 4.68 Å². The molecule has 0 fully saturated rings. The average molecular weight is 576 g/mol. The fourth-order valence-electron chi connectivity index (χ4n) is 4.29. The minimum absolute atomic E-state index is 0.0276. The Balaban J connectivity index is 1.65. The molecule has 1 aromatic heterocycles. The highest BCUT2D eigenvalue weighted by atomic mass is 19.4. The summed E-state index contributed by atoms with van der Waals surface area (Å²) in [5.41, 5.74) is -1.01. The van der Waals surface area contributed by atoms with E-state index in [0.29, 0.717) is 17.7 Å². The molecule has 0 saturated carbocycles. The van der Waals surface area contributed by atoms with Gasteiger partial charge in [-0.25, -0.2) is 14.3 Å². The second-order valence-corrected chi connectivity index (χ2v) is 10.2. The van der Waals surface area contributed by atoms with Gasteiger partial charge in [0.2, 0.25) is 0 Å². The smallest absolute Gasteiger partial charge is 0.389 e. The van der Waals surface area contributed by atoms with Gasteiger partial charge in [-0.3, -0.25) is 9.36 Å². The molecule has 0 aliphatic carbocycles. The van der Waals surface area contributed by atoms with Crippen LogP contribution < -0.4 is 16.0 Å². The van der Waals surface area contributed by atoms with Gasteiger partial charge in [-0.2, -0.15) is 18.3 Å². The van der Waals surface area contributed by atoms with Crippen LogP contribution in [0.5, 0.6) is 5.75 Å². The fraction of sp³-hybridized carbons (Fsp3) is 0.467. The van der Waals surface area contributed by atoms with Gasteiger partial charge in [-0.05, 0) is 64.2 Å². The molecule has 3 rings (SSSR count). The van der Waals surface area contributed by atoms with Crippen LogP contribution in [0.15, 0.2) is 64.2 Å². The molecule has 8 nitrogen and oxygen atoms in total. The zero-order chi connectivity index (χ0) is 30.0. The van der Waals surface area contributed by atoms with Gasteiger partial charge >= 0.3 is 17.8 Å². The van der Waals surface area contributed by atoms with Gasteiger partial charge in [0.05, 0.1) is 6.61 Å². The Bertz CT molecular complexity index is 1420. The minimum atomic E-state index is -4.37. The van der Waals surface area contributed by atoms with Gasteiger partial charge in [0.1, 0.15) is 5.75 Å². The van der Waals surface area contributed by atoms with Crippen molar-refractivity contribution in [3.8, 4) is 17.0 Å². The maximum Gasteiger partial charge on any atom is 0.389 e. The Hall–Kier alpha value is -3.89. The monoisotopic (exact) mass is 575 g/mol. The van der Waals surface area contributed by atoms with Crippen molar-refractivity contribution in [2.24, 2.45) is 0 Å². The number of esters is 1. The molecule has 11 heteroatoms. The Morgan fingerprint density at radius 2 is 1.66 bits per heavy atom. The zero-order valence-electron chi connectivity index (χ0n) is 23.6. The third-order valence-corrected chi connectivity index (χ3v) is 6.38. The standard InChI is InChI=1S/C30H36F3N3O5/c1-4-40-27(38)29(2,3)41-24-17-11-14-22(21-24)13-7-6-10-20-36-28(39)35(19-12-18-30(31,32)33)26(37)25(34-36)23-15-8-5-9-16-23/h5,8-9,11,14-17,21H,4,6-7,10,12-13,18-20H2,1-3H3. The Kier molecular flexibility index (Phi) is 10.9. The molecule has 2 aromatic carbocycles.